The molecule has 0 amide bonds. The number of H-pyrrole nitrogens is 1. The van der Waals surface area contributed by atoms with Crippen LogP contribution in [0.1, 0.15) is 50.8 Å². The Bertz CT molecular complexity index is 729. The van der Waals surface area contributed by atoms with Crippen molar-refractivity contribution in [1.82, 2.24) is 9.55 Å². The summed E-state index contributed by atoms with van der Waals surface area (Å²) >= 11 is 0. The summed E-state index contributed by atoms with van der Waals surface area (Å²) < 4.78 is 19.0. The third-order valence-electron chi connectivity index (χ3n) is 5.41. The van der Waals surface area contributed by atoms with Gasteiger partial charge in [-0.25, -0.2) is 4.79 Å². The van der Waals surface area contributed by atoms with E-state index < -0.39 is 35.8 Å². The normalized spacial score (nSPS) is 34.9. The van der Waals surface area contributed by atoms with Crippen molar-refractivity contribution in [3.8, 4) is 0 Å². The van der Waals surface area contributed by atoms with Crippen molar-refractivity contribution >= 4 is 0 Å². The van der Waals surface area contributed by atoms with Gasteiger partial charge in [0.15, 0.2) is 6.23 Å². The van der Waals surface area contributed by atoms with Crippen LogP contribution in [0.2, 0.25) is 0 Å². The summed E-state index contributed by atoms with van der Waals surface area (Å²) in [6, 6.07) is 0. The number of rotatable bonds is 5. The van der Waals surface area contributed by atoms with Crippen LogP contribution in [0.25, 0.3) is 0 Å². The highest BCUT2D eigenvalue weighted by Gasteiger charge is 2.47. The van der Waals surface area contributed by atoms with E-state index in [1.807, 2.05) is 6.92 Å². The van der Waals surface area contributed by atoms with Crippen molar-refractivity contribution in [3.63, 3.8) is 0 Å². The Hall–Kier alpha value is -1.48. The number of aromatic amines is 1. The molecule has 1 aromatic rings. The first-order valence-electron chi connectivity index (χ1n) is 9.30. The first kappa shape index (κ1) is 19.3. The Balaban J connectivity index is 1.91. The molecule has 2 aliphatic rings. The number of aromatic nitrogens is 2. The number of aliphatic hydroxyl groups is 1. The van der Waals surface area contributed by atoms with Crippen molar-refractivity contribution in [2.75, 3.05) is 7.11 Å². The Kier molecular flexibility index (Phi) is 5.96. The molecule has 1 aliphatic heterocycles. The van der Waals surface area contributed by atoms with Crippen LogP contribution in [0, 0.1) is 6.92 Å². The fourth-order valence-electron chi connectivity index (χ4n) is 3.89. The van der Waals surface area contributed by atoms with E-state index in [0.717, 1.165) is 25.7 Å². The minimum Gasteiger partial charge on any atom is -0.388 e. The topological polar surface area (TPSA) is 103 Å². The van der Waals surface area contributed by atoms with Gasteiger partial charge in [-0.15, -0.1) is 0 Å². The van der Waals surface area contributed by atoms with Gasteiger partial charge in [-0.05, 0) is 26.2 Å². The average molecular weight is 368 g/mol. The van der Waals surface area contributed by atoms with Crippen LogP contribution in [-0.2, 0) is 14.2 Å². The van der Waals surface area contributed by atoms with E-state index in [0.29, 0.717) is 12.0 Å². The average Bonchev–Trinajstić information content (AvgIpc) is 2.94. The van der Waals surface area contributed by atoms with Crippen LogP contribution in [0.3, 0.4) is 0 Å². The van der Waals surface area contributed by atoms with Gasteiger partial charge in [0.25, 0.3) is 5.56 Å². The SMILES string of the molecule is CC[C@H]1O[C@@H](n2cc(C)c(=O)[nH]c2=O)C(O[C@H]2CCCC[C@@H]2OC)[C@H]1O. The second kappa shape index (κ2) is 8.04. The molecule has 0 bridgehead atoms. The van der Waals surface area contributed by atoms with Crippen LogP contribution in [-0.4, -0.2) is 52.3 Å². The quantitative estimate of drug-likeness (QED) is 0.799. The van der Waals surface area contributed by atoms with Gasteiger partial charge in [-0.2, -0.15) is 0 Å². The van der Waals surface area contributed by atoms with E-state index in [9.17, 15) is 14.7 Å². The molecular formula is C18H28N2O6. The van der Waals surface area contributed by atoms with Gasteiger partial charge in [0.1, 0.15) is 12.2 Å². The molecule has 3 rings (SSSR count). The summed E-state index contributed by atoms with van der Waals surface area (Å²) in [5.41, 5.74) is -0.607. The molecule has 2 fully saturated rings. The zero-order valence-corrected chi connectivity index (χ0v) is 15.5. The molecule has 2 N–H and O–H groups in total. The van der Waals surface area contributed by atoms with Gasteiger partial charge in [-0.1, -0.05) is 19.8 Å². The second-order valence-electron chi connectivity index (χ2n) is 7.14. The summed E-state index contributed by atoms with van der Waals surface area (Å²) in [4.78, 5) is 26.3. The highest BCUT2D eigenvalue weighted by Crippen LogP contribution is 2.35. The van der Waals surface area contributed by atoms with Gasteiger partial charge in [0, 0.05) is 18.9 Å². The van der Waals surface area contributed by atoms with Crippen LogP contribution >= 0.6 is 0 Å². The lowest BCUT2D eigenvalue weighted by molar-refractivity contribution is -0.150. The van der Waals surface area contributed by atoms with Crippen LogP contribution in [0.5, 0.6) is 0 Å². The maximum absolute atomic E-state index is 12.3. The van der Waals surface area contributed by atoms with E-state index in [2.05, 4.69) is 4.98 Å². The van der Waals surface area contributed by atoms with E-state index in [4.69, 9.17) is 14.2 Å². The zero-order chi connectivity index (χ0) is 18.8. The molecule has 0 radical (unpaired) electrons. The van der Waals surface area contributed by atoms with Crippen molar-refractivity contribution < 1.29 is 19.3 Å². The number of methoxy groups -OCH3 is 1. The predicted octanol–water partition coefficient (Wildman–Crippen LogP) is 0.856. The third-order valence-corrected chi connectivity index (χ3v) is 5.41. The molecule has 1 saturated heterocycles. The predicted molar refractivity (Wildman–Crippen MR) is 94.2 cm³/mol. The molecule has 26 heavy (non-hydrogen) atoms. The minimum atomic E-state index is -0.858. The molecule has 6 atom stereocenters. The molecule has 1 aliphatic carbocycles. The maximum atomic E-state index is 12.3. The molecule has 1 unspecified atom stereocenters. The fourth-order valence-corrected chi connectivity index (χ4v) is 3.89. The molecular weight excluding hydrogens is 340 g/mol. The van der Waals surface area contributed by atoms with Crippen molar-refractivity contribution in [1.29, 1.82) is 0 Å². The summed E-state index contributed by atoms with van der Waals surface area (Å²) in [7, 11) is 1.66. The van der Waals surface area contributed by atoms with Crippen LogP contribution in [0.4, 0.5) is 0 Å². The Morgan fingerprint density at radius 1 is 1.31 bits per heavy atom. The Labute approximate surface area is 152 Å². The van der Waals surface area contributed by atoms with Crippen LogP contribution < -0.4 is 11.2 Å². The monoisotopic (exact) mass is 368 g/mol. The first-order chi connectivity index (χ1) is 12.5. The summed E-state index contributed by atoms with van der Waals surface area (Å²) in [5, 5.41) is 10.7. The summed E-state index contributed by atoms with van der Waals surface area (Å²) in [6.07, 6.45) is 2.93. The number of nitrogens with zero attached hydrogens (tertiary/aromatic N) is 1. The lowest BCUT2D eigenvalue weighted by atomic mass is 9.94. The molecule has 8 nitrogen and oxygen atoms in total. The van der Waals surface area contributed by atoms with Gasteiger partial charge in [-0.3, -0.25) is 14.3 Å². The van der Waals surface area contributed by atoms with Crippen molar-refractivity contribution in [2.45, 2.75) is 82.7 Å². The number of nitrogens with one attached hydrogen (secondary N) is 1. The minimum absolute atomic E-state index is 0.0358. The van der Waals surface area contributed by atoms with E-state index in [1.165, 1.54) is 10.8 Å². The Morgan fingerprint density at radius 3 is 2.65 bits per heavy atom. The molecule has 0 spiro atoms. The van der Waals surface area contributed by atoms with E-state index >= 15 is 0 Å². The van der Waals surface area contributed by atoms with Gasteiger partial charge < -0.3 is 19.3 Å². The number of aryl methyl sites for hydroxylation is 1. The van der Waals surface area contributed by atoms with Crippen molar-refractivity contribution in [2.24, 2.45) is 0 Å². The van der Waals surface area contributed by atoms with E-state index in [-0.39, 0.29) is 12.2 Å². The zero-order valence-electron chi connectivity index (χ0n) is 15.5. The first-order valence-corrected chi connectivity index (χ1v) is 9.30. The maximum Gasteiger partial charge on any atom is 0.330 e. The fraction of sp³-hybridized carbons (Fsp3) is 0.778. The van der Waals surface area contributed by atoms with Gasteiger partial charge in [0.05, 0.1) is 18.3 Å². The summed E-state index contributed by atoms with van der Waals surface area (Å²) in [6.45, 7) is 3.53. The number of hydrogen-bond donors (Lipinski definition) is 2. The summed E-state index contributed by atoms with van der Waals surface area (Å²) in [5.74, 6) is 0. The van der Waals surface area contributed by atoms with Gasteiger partial charge in [0.2, 0.25) is 0 Å². The van der Waals surface area contributed by atoms with E-state index in [1.54, 1.807) is 14.0 Å². The van der Waals surface area contributed by atoms with Crippen LogP contribution in [0.15, 0.2) is 15.8 Å². The molecule has 1 aromatic heterocycles. The second-order valence-corrected chi connectivity index (χ2v) is 7.14. The smallest absolute Gasteiger partial charge is 0.330 e. The number of aliphatic hydroxyl groups excluding tert-OH is 1. The highest BCUT2D eigenvalue weighted by atomic mass is 16.6. The van der Waals surface area contributed by atoms with Crippen molar-refractivity contribution in [3.05, 3.63) is 32.6 Å². The molecule has 8 heteroatoms. The third kappa shape index (κ3) is 3.64. The molecule has 1 saturated carbocycles. The number of ether oxygens (including phenoxy) is 3. The molecule has 146 valence electrons. The number of hydrogen-bond acceptors (Lipinski definition) is 6. The lowest BCUT2D eigenvalue weighted by Gasteiger charge is -2.34. The molecule has 0 aromatic carbocycles. The standard InChI is InChI=1S/C18H28N2O6/c1-4-11-14(21)15(25-13-8-6-5-7-12(13)24-3)17(26-11)20-9-10(2)16(22)19-18(20)23/h9,11-15,17,21H,4-8H2,1-3H3,(H,19,22,23)/t11-,12+,13+,14+,15?,17-/m1/s1. The molecule has 2 heterocycles. The van der Waals surface area contributed by atoms with Gasteiger partial charge >= 0.3 is 5.69 Å². The largest absolute Gasteiger partial charge is 0.388 e. The highest BCUT2D eigenvalue weighted by molar-refractivity contribution is 5.03. The lowest BCUT2D eigenvalue weighted by Crippen LogP contribution is -2.44. The Morgan fingerprint density at radius 2 is 2.00 bits per heavy atom.